The zero-order valence-electron chi connectivity index (χ0n) is 13.2. The van der Waals surface area contributed by atoms with E-state index in [0.29, 0.717) is 6.54 Å². The standard InChI is InChI=1S/C18H23NO3/c1-14-6-5-7-15(12-14)9-10-17(20)19-11-4-3-8-16(19)13-18(21)22-2/h5-7,9-10,12,16H,3-4,8,11,13H2,1-2H3. The van der Waals surface area contributed by atoms with Crippen molar-refractivity contribution in [1.82, 2.24) is 4.90 Å². The highest BCUT2D eigenvalue weighted by Crippen LogP contribution is 2.21. The van der Waals surface area contributed by atoms with Crippen LogP contribution in [0.1, 0.15) is 36.8 Å². The Bertz CT molecular complexity index is 565. The van der Waals surface area contributed by atoms with Crippen LogP contribution in [0, 0.1) is 6.92 Å². The van der Waals surface area contributed by atoms with Crippen LogP contribution in [-0.4, -0.2) is 36.5 Å². The average Bonchev–Trinajstić information content (AvgIpc) is 2.53. The summed E-state index contributed by atoms with van der Waals surface area (Å²) in [6.07, 6.45) is 6.61. The van der Waals surface area contributed by atoms with Crippen molar-refractivity contribution >= 4 is 18.0 Å². The van der Waals surface area contributed by atoms with Crippen LogP contribution in [0.5, 0.6) is 0 Å². The smallest absolute Gasteiger partial charge is 0.307 e. The minimum Gasteiger partial charge on any atom is -0.469 e. The van der Waals surface area contributed by atoms with Crippen molar-refractivity contribution in [2.45, 2.75) is 38.6 Å². The van der Waals surface area contributed by atoms with Gasteiger partial charge in [0.1, 0.15) is 0 Å². The van der Waals surface area contributed by atoms with E-state index in [-0.39, 0.29) is 24.3 Å². The van der Waals surface area contributed by atoms with Crippen molar-refractivity contribution in [3.05, 3.63) is 41.5 Å². The second-order valence-corrected chi connectivity index (χ2v) is 5.71. The van der Waals surface area contributed by atoms with E-state index in [9.17, 15) is 9.59 Å². The van der Waals surface area contributed by atoms with Gasteiger partial charge in [0.25, 0.3) is 0 Å². The summed E-state index contributed by atoms with van der Waals surface area (Å²) in [6, 6.07) is 7.96. The molecule has 118 valence electrons. The summed E-state index contributed by atoms with van der Waals surface area (Å²) in [4.78, 5) is 25.7. The predicted octanol–water partition coefficient (Wildman–Crippen LogP) is 2.95. The molecule has 1 aliphatic rings. The van der Waals surface area contributed by atoms with Crippen molar-refractivity contribution in [3.8, 4) is 0 Å². The summed E-state index contributed by atoms with van der Waals surface area (Å²) in [7, 11) is 1.38. The molecule has 0 bridgehead atoms. The fourth-order valence-electron chi connectivity index (χ4n) is 2.82. The summed E-state index contributed by atoms with van der Waals surface area (Å²) >= 11 is 0. The molecule has 0 N–H and O–H groups in total. The molecule has 2 rings (SSSR count). The highest BCUT2D eigenvalue weighted by molar-refractivity contribution is 5.92. The number of carbonyl (C=O) groups is 2. The van der Waals surface area contributed by atoms with Crippen molar-refractivity contribution in [2.24, 2.45) is 0 Å². The minimum absolute atomic E-state index is 0.0323. The first-order valence-corrected chi connectivity index (χ1v) is 7.72. The van der Waals surface area contributed by atoms with E-state index in [0.717, 1.165) is 30.4 Å². The zero-order chi connectivity index (χ0) is 15.9. The van der Waals surface area contributed by atoms with Gasteiger partial charge in [-0.15, -0.1) is 0 Å². The molecule has 1 fully saturated rings. The summed E-state index contributed by atoms with van der Waals surface area (Å²) in [5, 5.41) is 0. The number of benzene rings is 1. The maximum Gasteiger partial charge on any atom is 0.307 e. The fourth-order valence-corrected chi connectivity index (χ4v) is 2.82. The van der Waals surface area contributed by atoms with Gasteiger partial charge in [-0.1, -0.05) is 29.8 Å². The molecule has 4 nitrogen and oxygen atoms in total. The van der Waals surface area contributed by atoms with Crippen LogP contribution in [0.15, 0.2) is 30.3 Å². The molecule has 1 amide bonds. The molecular weight excluding hydrogens is 278 g/mol. The molecule has 0 aromatic heterocycles. The molecule has 1 saturated heterocycles. The number of likely N-dealkylation sites (tertiary alicyclic amines) is 1. The summed E-state index contributed by atoms with van der Waals surface area (Å²) < 4.78 is 4.73. The number of nitrogens with zero attached hydrogens (tertiary/aromatic N) is 1. The lowest BCUT2D eigenvalue weighted by atomic mass is 9.99. The lowest BCUT2D eigenvalue weighted by molar-refractivity contribution is -0.143. The van der Waals surface area contributed by atoms with E-state index in [2.05, 4.69) is 0 Å². The number of esters is 1. The van der Waals surface area contributed by atoms with E-state index in [1.54, 1.807) is 11.0 Å². The first kappa shape index (κ1) is 16.3. The number of rotatable bonds is 4. The third-order valence-electron chi connectivity index (χ3n) is 4.00. The first-order valence-electron chi connectivity index (χ1n) is 7.72. The number of aryl methyl sites for hydroxylation is 1. The van der Waals surface area contributed by atoms with Gasteiger partial charge < -0.3 is 9.64 Å². The van der Waals surface area contributed by atoms with Crippen molar-refractivity contribution in [1.29, 1.82) is 0 Å². The molecule has 1 aromatic carbocycles. The number of methoxy groups -OCH3 is 1. The summed E-state index contributed by atoms with van der Waals surface area (Å²) in [6.45, 7) is 2.73. The Morgan fingerprint density at radius 3 is 2.91 bits per heavy atom. The number of amides is 1. The monoisotopic (exact) mass is 301 g/mol. The average molecular weight is 301 g/mol. The highest BCUT2D eigenvalue weighted by Gasteiger charge is 2.27. The van der Waals surface area contributed by atoms with Crippen LogP contribution >= 0.6 is 0 Å². The Morgan fingerprint density at radius 1 is 1.36 bits per heavy atom. The third-order valence-corrected chi connectivity index (χ3v) is 4.00. The van der Waals surface area contributed by atoms with Gasteiger partial charge in [-0.25, -0.2) is 0 Å². The van der Waals surface area contributed by atoms with E-state index in [1.165, 1.54) is 7.11 Å². The molecule has 1 aliphatic heterocycles. The molecule has 1 atom stereocenters. The molecule has 0 spiro atoms. The van der Waals surface area contributed by atoms with E-state index < -0.39 is 0 Å². The van der Waals surface area contributed by atoms with Gasteiger partial charge in [-0.3, -0.25) is 9.59 Å². The molecule has 1 unspecified atom stereocenters. The molecule has 0 aliphatic carbocycles. The fraction of sp³-hybridized carbons (Fsp3) is 0.444. The maximum absolute atomic E-state index is 12.4. The molecule has 1 aromatic rings. The second-order valence-electron chi connectivity index (χ2n) is 5.71. The van der Waals surface area contributed by atoms with Gasteiger partial charge in [0.05, 0.1) is 13.5 Å². The van der Waals surface area contributed by atoms with Crippen molar-refractivity contribution < 1.29 is 14.3 Å². The minimum atomic E-state index is -0.257. The summed E-state index contributed by atoms with van der Waals surface area (Å²) in [5.74, 6) is -0.289. The first-order chi connectivity index (χ1) is 10.6. The number of hydrogen-bond acceptors (Lipinski definition) is 3. The van der Waals surface area contributed by atoms with Crippen LogP contribution in [0.25, 0.3) is 6.08 Å². The molecule has 22 heavy (non-hydrogen) atoms. The Kier molecular flexibility index (Phi) is 5.75. The Hall–Kier alpha value is -2.10. The van der Waals surface area contributed by atoms with Gasteiger partial charge in [-0.05, 0) is 37.8 Å². The van der Waals surface area contributed by atoms with Crippen LogP contribution in [0.4, 0.5) is 0 Å². The zero-order valence-corrected chi connectivity index (χ0v) is 13.2. The molecule has 0 saturated carbocycles. The van der Waals surface area contributed by atoms with Gasteiger partial charge >= 0.3 is 5.97 Å². The van der Waals surface area contributed by atoms with Crippen LogP contribution < -0.4 is 0 Å². The third kappa shape index (κ3) is 4.45. The second kappa shape index (κ2) is 7.78. The molecule has 4 heteroatoms. The van der Waals surface area contributed by atoms with Crippen LogP contribution in [-0.2, 0) is 14.3 Å². The summed E-state index contributed by atoms with van der Waals surface area (Å²) in [5.41, 5.74) is 2.17. The lowest BCUT2D eigenvalue weighted by Gasteiger charge is -2.34. The van der Waals surface area contributed by atoms with E-state index in [4.69, 9.17) is 4.74 Å². The lowest BCUT2D eigenvalue weighted by Crippen LogP contribution is -2.44. The van der Waals surface area contributed by atoms with Crippen molar-refractivity contribution in [3.63, 3.8) is 0 Å². The van der Waals surface area contributed by atoms with E-state index >= 15 is 0 Å². The topological polar surface area (TPSA) is 46.6 Å². The van der Waals surface area contributed by atoms with Crippen molar-refractivity contribution in [2.75, 3.05) is 13.7 Å². The number of carbonyl (C=O) groups excluding carboxylic acids is 2. The van der Waals surface area contributed by atoms with Crippen LogP contribution in [0.2, 0.25) is 0 Å². The normalized spacial score (nSPS) is 18.5. The number of ether oxygens (including phenoxy) is 1. The predicted molar refractivity (Wildman–Crippen MR) is 86.2 cm³/mol. The largest absolute Gasteiger partial charge is 0.469 e. The maximum atomic E-state index is 12.4. The molecule has 1 heterocycles. The Balaban J connectivity index is 2.03. The van der Waals surface area contributed by atoms with E-state index in [1.807, 2.05) is 37.3 Å². The van der Waals surface area contributed by atoms with Gasteiger partial charge in [0.15, 0.2) is 0 Å². The SMILES string of the molecule is COC(=O)CC1CCCCN1C(=O)C=Cc1cccc(C)c1. The Morgan fingerprint density at radius 2 is 2.18 bits per heavy atom. The Labute approximate surface area is 131 Å². The highest BCUT2D eigenvalue weighted by atomic mass is 16.5. The molecule has 0 radical (unpaired) electrons. The van der Waals surface area contributed by atoms with Gasteiger partial charge in [-0.2, -0.15) is 0 Å². The van der Waals surface area contributed by atoms with Crippen LogP contribution in [0.3, 0.4) is 0 Å². The van der Waals surface area contributed by atoms with Gasteiger partial charge in [0, 0.05) is 18.7 Å². The van der Waals surface area contributed by atoms with Gasteiger partial charge in [0.2, 0.25) is 5.91 Å². The number of piperidine rings is 1. The quantitative estimate of drug-likeness (QED) is 0.634. The molecular formula is C18H23NO3. The number of hydrogen-bond donors (Lipinski definition) is 0.